The molecule has 4 nitrogen and oxygen atoms in total. The van der Waals surface area contributed by atoms with Crippen LogP contribution in [0.2, 0.25) is 8.35 Å². The molecule has 0 spiro atoms. The normalized spacial score (nSPS) is 19.6. The van der Waals surface area contributed by atoms with Gasteiger partial charge in [0.2, 0.25) is 0 Å². The van der Waals surface area contributed by atoms with Crippen LogP contribution >= 0.6 is 0 Å². The minimum absolute atomic E-state index is 0.285. The minimum atomic E-state index is -2.37. The van der Waals surface area contributed by atoms with E-state index in [1.807, 2.05) is 12.1 Å². The number of carbonyl (C=O) groups is 2. The molecule has 1 heterocycles. The molecule has 0 radical (unpaired) electrons. The van der Waals surface area contributed by atoms with Crippen LogP contribution in [-0.2, 0) is 0 Å². The van der Waals surface area contributed by atoms with Gasteiger partial charge >= 0.3 is 113 Å². The Balaban J connectivity index is 2.11. The van der Waals surface area contributed by atoms with E-state index in [0.717, 1.165) is 26.8 Å². The van der Waals surface area contributed by atoms with Gasteiger partial charge in [-0.2, -0.15) is 0 Å². The van der Waals surface area contributed by atoms with Crippen molar-refractivity contribution in [1.82, 2.24) is 0 Å². The van der Waals surface area contributed by atoms with Crippen molar-refractivity contribution in [2.75, 3.05) is 0 Å². The first-order valence-corrected chi connectivity index (χ1v) is 12.4. The van der Waals surface area contributed by atoms with Gasteiger partial charge in [0.15, 0.2) is 0 Å². The molecule has 5 heteroatoms. The number of hydrogen-bond donors (Lipinski definition) is 2. The molecule has 1 aromatic rings. The number of benzene rings is 1. The fourth-order valence-electron chi connectivity index (χ4n) is 2.61. The van der Waals surface area contributed by atoms with E-state index in [2.05, 4.69) is 0 Å². The van der Waals surface area contributed by atoms with Crippen molar-refractivity contribution in [3.8, 4) is 0 Å². The third-order valence-electron chi connectivity index (χ3n) is 3.65. The van der Waals surface area contributed by atoms with E-state index >= 15 is 0 Å². The van der Waals surface area contributed by atoms with E-state index < -0.39 is 31.1 Å². The van der Waals surface area contributed by atoms with Gasteiger partial charge in [0.1, 0.15) is 0 Å². The molecule has 2 N–H and O–H groups in total. The zero-order chi connectivity index (χ0) is 13.1. The first kappa shape index (κ1) is 13.5. The molecule has 94 valence electrons. The fourth-order valence-corrected chi connectivity index (χ4v) is 10.1. The fraction of sp³-hybridized carbons (Fsp3) is 0.385. The number of aromatic carboxylic acids is 1. The summed E-state index contributed by atoms with van der Waals surface area (Å²) in [6.45, 7) is 0. The second-order valence-electron chi connectivity index (χ2n) is 4.83. The summed E-state index contributed by atoms with van der Waals surface area (Å²) in [5, 5.41) is 18.0. The Bertz CT molecular complexity index is 455. The van der Waals surface area contributed by atoms with Crippen molar-refractivity contribution < 1.29 is 19.8 Å². The summed E-state index contributed by atoms with van der Waals surface area (Å²) in [6, 6.07) is 6.89. The van der Waals surface area contributed by atoms with Crippen LogP contribution in [0.5, 0.6) is 0 Å². The SMILES string of the molecule is O=C(O)c1ccc(C2CC[CH2][In]([C](=O)O)[CH2]2)cc1. The summed E-state index contributed by atoms with van der Waals surface area (Å²) in [5.74, 6) is -0.591. The van der Waals surface area contributed by atoms with Crippen LogP contribution < -0.4 is 0 Å². The van der Waals surface area contributed by atoms with Crippen LogP contribution in [0, 0.1) is 0 Å². The maximum absolute atomic E-state index is 11.1. The van der Waals surface area contributed by atoms with E-state index in [0.29, 0.717) is 5.92 Å². The summed E-state index contributed by atoms with van der Waals surface area (Å²) in [5.41, 5.74) is 1.38. The van der Waals surface area contributed by atoms with Gasteiger partial charge in [0, 0.05) is 0 Å². The van der Waals surface area contributed by atoms with E-state index in [-0.39, 0.29) is 5.56 Å². The molecule has 1 fully saturated rings. The van der Waals surface area contributed by atoms with Gasteiger partial charge in [-0.25, -0.2) is 0 Å². The Labute approximate surface area is 113 Å². The van der Waals surface area contributed by atoms with Crippen LogP contribution in [0.4, 0.5) is 4.79 Å². The van der Waals surface area contributed by atoms with Crippen LogP contribution in [0.25, 0.3) is 0 Å². The second-order valence-corrected chi connectivity index (χ2v) is 13.2. The van der Waals surface area contributed by atoms with Crippen molar-refractivity contribution in [2.45, 2.75) is 27.1 Å². The Morgan fingerprint density at radius 3 is 2.39 bits per heavy atom. The molecule has 1 aliphatic heterocycles. The molecule has 1 atom stereocenters. The summed E-state index contributed by atoms with van der Waals surface area (Å²) < 4.78 is 1.31. The first-order valence-electron chi connectivity index (χ1n) is 6.14. The third kappa shape index (κ3) is 3.07. The summed E-state index contributed by atoms with van der Waals surface area (Å²) >= 11 is -2.37. The molecule has 1 unspecified atom stereocenters. The van der Waals surface area contributed by atoms with Crippen molar-refractivity contribution >= 4 is 31.1 Å². The van der Waals surface area contributed by atoms with Crippen molar-refractivity contribution in [3.63, 3.8) is 0 Å². The molecule has 0 aliphatic carbocycles. The molecule has 1 aliphatic rings. The summed E-state index contributed by atoms with van der Waals surface area (Å²) in [4.78, 5) is 21.9. The average Bonchev–Trinajstić information content (AvgIpc) is 2.39. The Morgan fingerprint density at radius 1 is 1.17 bits per heavy atom. The number of carboxylic acid groups (broad SMARTS) is 2. The average molecular weight is 350 g/mol. The predicted molar refractivity (Wildman–Crippen MR) is 68.8 cm³/mol. The molecule has 0 amide bonds. The predicted octanol–water partition coefficient (Wildman–Crippen LogP) is 3.02. The zero-order valence-corrected chi connectivity index (χ0v) is 13.3. The van der Waals surface area contributed by atoms with Crippen molar-refractivity contribution in [3.05, 3.63) is 35.4 Å². The first-order chi connectivity index (χ1) is 8.58. The zero-order valence-electron chi connectivity index (χ0n) is 10.0. The van der Waals surface area contributed by atoms with E-state index in [1.54, 1.807) is 12.1 Å². The third-order valence-corrected chi connectivity index (χ3v) is 12.0. The Kier molecular flexibility index (Phi) is 4.32. The molecule has 0 aromatic heterocycles. The molecule has 0 saturated carbocycles. The molecule has 1 saturated heterocycles. The van der Waals surface area contributed by atoms with E-state index in [1.165, 1.54) is 0 Å². The number of rotatable bonds is 3. The van der Waals surface area contributed by atoms with Gasteiger partial charge in [-0.1, -0.05) is 0 Å². The van der Waals surface area contributed by atoms with Gasteiger partial charge in [-0.05, 0) is 0 Å². The van der Waals surface area contributed by atoms with E-state index in [9.17, 15) is 9.59 Å². The Morgan fingerprint density at radius 2 is 1.83 bits per heavy atom. The number of carboxylic acids is 1. The van der Waals surface area contributed by atoms with Gasteiger partial charge in [-0.3, -0.25) is 0 Å². The molecule has 0 bridgehead atoms. The monoisotopic (exact) mass is 350 g/mol. The molecule has 1 aromatic carbocycles. The van der Waals surface area contributed by atoms with Gasteiger partial charge < -0.3 is 0 Å². The van der Waals surface area contributed by atoms with Crippen LogP contribution in [0.3, 0.4) is 0 Å². The van der Waals surface area contributed by atoms with Crippen LogP contribution in [0.1, 0.15) is 34.7 Å². The summed E-state index contributed by atoms with van der Waals surface area (Å²) in [6.07, 6.45) is 2.05. The second kappa shape index (κ2) is 5.78. The van der Waals surface area contributed by atoms with Gasteiger partial charge in [0.05, 0.1) is 0 Å². The molecular formula is C13H15InO4. The Hall–Kier alpha value is -0.970. The maximum atomic E-state index is 11.1. The molecule has 2 rings (SSSR count). The van der Waals surface area contributed by atoms with Crippen molar-refractivity contribution in [1.29, 1.82) is 0 Å². The quantitative estimate of drug-likeness (QED) is 0.879. The number of hydrogen-bond acceptors (Lipinski definition) is 2. The van der Waals surface area contributed by atoms with E-state index in [4.69, 9.17) is 10.2 Å². The van der Waals surface area contributed by atoms with Crippen molar-refractivity contribution in [2.24, 2.45) is 0 Å². The van der Waals surface area contributed by atoms with Gasteiger partial charge in [-0.15, -0.1) is 0 Å². The standard InChI is InChI=1S/C12H14O2.CHO2.In/c1-3-4-9(2)10-5-7-11(8-6-10)12(13)14;2-1-3;/h5-9H,1-4H2,(H,13,14);(H,2,3);. The topological polar surface area (TPSA) is 74.6 Å². The molecule has 18 heavy (non-hydrogen) atoms. The molecular weight excluding hydrogens is 335 g/mol. The van der Waals surface area contributed by atoms with Crippen LogP contribution in [-0.4, -0.2) is 41.3 Å². The summed E-state index contributed by atoms with van der Waals surface area (Å²) in [7, 11) is 0. The van der Waals surface area contributed by atoms with Gasteiger partial charge in [0.25, 0.3) is 0 Å². The van der Waals surface area contributed by atoms with Crippen LogP contribution in [0.15, 0.2) is 24.3 Å².